The van der Waals surface area contributed by atoms with E-state index in [1.165, 1.54) is 11.8 Å². The highest BCUT2D eigenvalue weighted by Crippen LogP contribution is 2.31. The van der Waals surface area contributed by atoms with E-state index < -0.39 is 0 Å². The zero-order valence-corrected chi connectivity index (χ0v) is 18.7. The van der Waals surface area contributed by atoms with Gasteiger partial charge in [0.1, 0.15) is 18.7 Å². The molecule has 4 aromatic rings. The van der Waals surface area contributed by atoms with Gasteiger partial charge in [0.05, 0.1) is 5.52 Å². The second-order valence-corrected chi connectivity index (χ2v) is 8.73. The predicted molar refractivity (Wildman–Crippen MR) is 125 cm³/mol. The quantitative estimate of drug-likeness (QED) is 0.215. The van der Waals surface area contributed by atoms with Gasteiger partial charge in [-0.3, -0.25) is 4.79 Å². The van der Waals surface area contributed by atoms with Crippen molar-refractivity contribution in [2.75, 3.05) is 19.0 Å². The Hall–Kier alpha value is -3.13. The molecule has 0 unspecified atom stereocenters. The lowest BCUT2D eigenvalue weighted by Gasteiger charge is -2.18. The number of benzene rings is 2. The van der Waals surface area contributed by atoms with E-state index in [4.69, 9.17) is 14.5 Å². The van der Waals surface area contributed by atoms with E-state index in [0.717, 1.165) is 47.2 Å². The fourth-order valence-corrected chi connectivity index (χ4v) is 4.68. The van der Waals surface area contributed by atoms with Crippen LogP contribution in [0.25, 0.3) is 22.1 Å². The molecule has 1 aliphatic rings. The topological polar surface area (TPSA) is 79.1 Å². The highest BCUT2D eigenvalue weighted by atomic mass is 32.2. The molecule has 0 bridgehead atoms. The number of ether oxygens (including phenoxy) is 2. The number of Topliss-reactive ketones (excluding diaryl/α,β-unsaturated/α-hetero) is 1. The van der Waals surface area contributed by atoms with Crippen LogP contribution in [0.5, 0.6) is 11.5 Å². The van der Waals surface area contributed by atoms with Crippen molar-refractivity contribution in [2.45, 2.75) is 37.9 Å². The van der Waals surface area contributed by atoms with Crippen molar-refractivity contribution in [2.24, 2.45) is 0 Å². The first kappa shape index (κ1) is 20.8. The Morgan fingerprint density at radius 3 is 2.81 bits per heavy atom. The van der Waals surface area contributed by atoms with E-state index in [1.54, 1.807) is 18.2 Å². The lowest BCUT2D eigenvalue weighted by atomic mass is 10.1. The van der Waals surface area contributed by atoms with Crippen molar-refractivity contribution >= 4 is 39.6 Å². The minimum Gasteiger partial charge on any atom is -0.486 e. The number of thioether (sulfide) groups is 1. The van der Waals surface area contributed by atoms with Crippen LogP contribution in [0.15, 0.2) is 47.6 Å². The Morgan fingerprint density at radius 2 is 1.94 bits per heavy atom. The van der Waals surface area contributed by atoms with E-state index in [2.05, 4.69) is 33.8 Å². The zero-order valence-electron chi connectivity index (χ0n) is 17.9. The molecule has 0 aliphatic carbocycles. The average molecular weight is 449 g/mol. The third-order valence-electron chi connectivity index (χ3n) is 5.45. The van der Waals surface area contributed by atoms with Gasteiger partial charge in [0, 0.05) is 29.7 Å². The highest BCUT2D eigenvalue weighted by Gasteiger charge is 2.16. The van der Waals surface area contributed by atoms with Crippen LogP contribution in [-0.4, -0.2) is 44.5 Å². The van der Waals surface area contributed by atoms with Gasteiger partial charge in [-0.2, -0.15) is 0 Å². The lowest BCUT2D eigenvalue weighted by Crippen LogP contribution is -2.15. The zero-order chi connectivity index (χ0) is 21.9. The third-order valence-corrected chi connectivity index (χ3v) is 6.37. The number of ketones is 1. The second-order valence-electron chi connectivity index (χ2n) is 7.67. The molecule has 0 fully saturated rings. The number of hydrogen-bond acceptors (Lipinski definition) is 7. The van der Waals surface area contributed by atoms with Crippen LogP contribution >= 0.6 is 11.8 Å². The van der Waals surface area contributed by atoms with Crippen LogP contribution in [-0.2, 0) is 6.54 Å². The van der Waals surface area contributed by atoms with Gasteiger partial charge in [-0.05, 0) is 37.1 Å². The predicted octanol–water partition coefficient (Wildman–Crippen LogP) is 4.92. The standard InChI is InChI=1S/C24H24N4O3S/c1-2-11-28-18-7-4-3-6-17(18)22-23(28)25-24(27-26-22)32-14-5-8-19(29)16-9-10-20-21(15-16)31-13-12-30-20/h3-4,6-7,9-10,15H,2,5,8,11-14H2,1H3. The van der Waals surface area contributed by atoms with Gasteiger partial charge in [-0.1, -0.05) is 36.9 Å². The normalized spacial score (nSPS) is 13.0. The van der Waals surface area contributed by atoms with Gasteiger partial charge in [-0.25, -0.2) is 4.98 Å². The third kappa shape index (κ3) is 4.02. The maximum absolute atomic E-state index is 12.6. The van der Waals surface area contributed by atoms with Gasteiger partial charge in [0.25, 0.3) is 0 Å². The number of para-hydroxylation sites is 1. The molecule has 0 radical (unpaired) electrons. The van der Waals surface area contributed by atoms with Crippen LogP contribution in [0.3, 0.4) is 0 Å². The minimum absolute atomic E-state index is 0.0974. The molecule has 2 aromatic carbocycles. The van der Waals surface area contributed by atoms with Crippen molar-refractivity contribution in [1.29, 1.82) is 0 Å². The molecule has 8 heteroatoms. The summed E-state index contributed by atoms with van der Waals surface area (Å²) >= 11 is 1.54. The summed E-state index contributed by atoms with van der Waals surface area (Å²) in [5.41, 5.74) is 3.51. The maximum Gasteiger partial charge on any atom is 0.211 e. The number of carbonyl (C=O) groups is 1. The number of aryl methyl sites for hydroxylation is 1. The molecule has 5 rings (SSSR count). The Morgan fingerprint density at radius 1 is 1.09 bits per heavy atom. The van der Waals surface area contributed by atoms with Gasteiger partial charge in [-0.15, -0.1) is 10.2 Å². The van der Waals surface area contributed by atoms with Gasteiger partial charge < -0.3 is 14.0 Å². The number of hydrogen-bond donors (Lipinski definition) is 0. The summed E-state index contributed by atoms with van der Waals surface area (Å²) in [4.78, 5) is 17.4. The van der Waals surface area contributed by atoms with Crippen molar-refractivity contribution in [1.82, 2.24) is 19.7 Å². The first-order chi connectivity index (χ1) is 15.7. The summed E-state index contributed by atoms with van der Waals surface area (Å²) in [5.74, 6) is 2.19. The number of rotatable bonds is 8. The van der Waals surface area contributed by atoms with Crippen LogP contribution in [0.4, 0.5) is 0 Å². The molecule has 0 spiro atoms. The summed E-state index contributed by atoms with van der Waals surface area (Å²) in [6.45, 7) is 4.09. The number of fused-ring (bicyclic) bond motifs is 4. The molecule has 0 amide bonds. The first-order valence-corrected chi connectivity index (χ1v) is 11.9. The Balaban J connectivity index is 1.24. The molecular weight excluding hydrogens is 424 g/mol. The summed E-state index contributed by atoms with van der Waals surface area (Å²) < 4.78 is 13.3. The smallest absolute Gasteiger partial charge is 0.211 e. The fourth-order valence-electron chi connectivity index (χ4n) is 3.96. The summed E-state index contributed by atoms with van der Waals surface area (Å²) in [5, 5.41) is 10.5. The number of carbonyl (C=O) groups excluding carboxylic acids is 1. The fraction of sp³-hybridized carbons (Fsp3) is 0.333. The van der Waals surface area contributed by atoms with E-state index in [-0.39, 0.29) is 5.78 Å². The summed E-state index contributed by atoms with van der Waals surface area (Å²) in [6.07, 6.45) is 2.21. The molecule has 2 aromatic heterocycles. The molecule has 0 saturated heterocycles. The molecule has 1 aliphatic heterocycles. The molecule has 3 heterocycles. The molecule has 7 nitrogen and oxygen atoms in total. The van der Waals surface area contributed by atoms with E-state index in [0.29, 0.717) is 41.9 Å². The van der Waals surface area contributed by atoms with Gasteiger partial charge in [0.2, 0.25) is 5.16 Å². The number of aromatic nitrogens is 4. The second kappa shape index (κ2) is 9.16. The maximum atomic E-state index is 12.6. The lowest BCUT2D eigenvalue weighted by molar-refractivity contribution is 0.0981. The van der Waals surface area contributed by atoms with Crippen LogP contribution in [0, 0.1) is 0 Å². The summed E-state index contributed by atoms with van der Waals surface area (Å²) in [6, 6.07) is 13.6. The minimum atomic E-state index is 0.0974. The van der Waals surface area contributed by atoms with Crippen LogP contribution in [0.1, 0.15) is 36.5 Å². The molecule has 32 heavy (non-hydrogen) atoms. The first-order valence-electron chi connectivity index (χ1n) is 10.9. The van der Waals surface area contributed by atoms with E-state index in [9.17, 15) is 4.79 Å². The summed E-state index contributed by atoms with van der Waals surface area (Å²) in [7, 11) is 0. The van der Waals surface area contributed by atoms with Gasteiger partial charge in [0.15, 0.2) is 22.9 Å². The average Bonchev–Trinajstić information content (AvgIpc) is 3.15. The molecule has 0 N–H and O–H groups in total. The molecule has 0 saturated carbocycles. The van der Waals surface area contributed by atoms with E-state index >= 15 is 0 Å². The van der Waals surface area contributed by atoms with Crippen molar-refractivity contribution in [3.8, 4) is 11.5 Å². The monoisotopic (exact) mass is 448 g/mol. The van der Waals surface area contributed by atoms with Crippen LogP contribution in [0.2, 0.25) is 0 Å². The highest BCUT2D eigenvalue weighted by molar-refractivity contribution is 7.99. The largest absolute Gasteiger partial charge is 0.486 e. The SMILES string of the molecule is CCCn1c2ccccc2c2nnc(SCCCC(=O)c3ccc4c(c3)OCCO4)nc21. The molecule has 164 valence electrons. The van der Waals surface area contributed by atoms with Crippen molar-refractivity contribution in [3.63, 3.8) is 0 Å². The Labute approximate surface area is 190 Å². The Kier molecular flexibility index (Phi) is 5.94. The molecule has 0 atom stereocenters. The Bertz CT molecular complexity index is 1290. The van der Waals surface area contributed by atoms with Gasteiger partial charge >= 0.3 is 0 Å². The van der Waals surface area contributed by atoms with Crippen molar-refractivity contribution in [3.05, 3.63) is 48.0 Å². The number of nitrogens with zero attached hydrogens (tertiary/aromatic N) is 4. The van der Waals surface area contributed by atoms with Crippen molar-refractivity contribution < 1.29 is 14.3 Å². The van der Waals surface area contributed by atoms with E-state index in [1.807, 2.05) is 12.1 Å². The molecular formula is C24H24N4O3S. The van der Waals surface area contributed by atoms with Crippen LogP contribution < -0.4 is 9.47 Å².